The first kappa shape index (κ1) is 13.5. The molecule has 0 aliphatic rings. The van der Waals surface area contributed by atoms with E-state index in [0.717, 1.165) is 5.82 Å². The van der Waals surface area contributed by atoms with Gasteiger partial charge in [-0.25, -0.2) is 4.79 Å². The highest BCUT2D eigenvalue weighted by Crippen LogP contribution is 2.24. The van der Waals surface area contributed by atoms with Crippen LogP contribution in [0.4, 0.5) is 0 Å². The largest absolute Gasteiger partial charge is 0.485 e. The minimum atomic E-state index is -1.04. The van der Waals surface area contributed by atoms with Gasteiger partial charge in [-0.3, -0.25) is 0 Å². The van der Waals surface area contributed by atoms with E-state index in [1.165, 1.54) is 6.07 Å². The summed E-state index contributed by atoms with van der Waals surface area (Å²) in [6, 6.07) is 4.83. The molecule has 0 fully saturated rings. The van der Waals surface area contributed by atoms with Crippen LogP contribution < -0.4 is 4.74 Å². The van der Waals surface area contributed by atoms with Gasteiger partial charge in [0.15, 0.2) is 5.82 Å². The Labute approximate surface area is 118 Å². The molecule has 0 radical (unpaired) electrons. The number of rotatable bonds is 4. The average Bonchev–Trinajstić information content (AvgIpc) is 2.68. The first-order chi connectivity index (χ1) is 8.99. The molecule has 0 unspecified atom stereocenters. The Kier molecular flexibility index (Phi) is 3.84. The summed E-state index contributed by atoms with van der Waals surface area (Å²) in [5.41, 5.74) is 0.105. The van der Waals surface area contributed by atoms with E-state index < -0.39 is 5.97 Å². The van der Waals surface area contributed by atoms with Crippen molar-refractivity contribution in [2.75, 3.05) is 0 Å². The maximum Gasteiger partial charge on any atom is 0.339 e. The number of aromatic carboxylic acids is 1. The molecule has 0 bridgehead atoms. The topological polar surface area (TPSA) is 77.2 Å². The van der Waals surface area contributed by atoms with Gasteiger partial charge in [0.05, 0.1) is 0 Å². The Bertz CT molecular complexity index is 625. The van der Waals surface area contributed by atoms with E-state index in [1.807, 2.05) is 14.0 Å². The van der Waals surface area contributed by atoms with Crippen LogP contribution in [0, 0.1) is 6.92 Å². The van der Waals surface area contributed by atoms with Crippen LogP contribution in [0.3, 0.4) is 0 Å². The smallest absolute Gasteiger partial charge is 0.339 e. The molecule has 0 amide bonds. The molecule has 0 spiro atoms. The number of aromatic nitrogens is 3. The zero-order chi connectivity index (χ0) is 14.0. The molecule has 0 saturated heterocycles. The molecule has 1 aromatic heterocycles. The maximum absolute atomic E-state index is 11.1. The fraction of sp³-hybridized carbons (Fsp3) is 0.250. The highest BCUT2D eigenvalue weighted by Gasteiger charge is 2.13. The van der Waals surface area contributed by atoms with Crippen molar-refractivity contribution < 1.29 is 14.6 Å². The first-order valence-corrected chi connectivity index (χ1v) is 6.29. The normalized spacial score (nSPS) is 10.5. The molecular weight excluding hydrogens is 314 g/mol. The van der Waals surface area contributed by atoms with E-state index in [1.54, 1.807) is 16.7 Å². The van der Waals surface area contributed by atoms with Gasteiger partial charge in [-0.1, -0.05) is 15.9 Å². The average molecular weight is 326 g/mol. The van der Waals surface area contributed by atoms with E-state index in [-0.39, 0.29) is 12.2 Å². The first-order valence-electron chi connectivity index (χ1n) is 5.49. The lowest BCUT2D eigenvalue weighted by Crippen LogP contribution is -2.07. The van der Waals surface area contributed by atoms with E-state index in [4.69, 9.17) is 9.84 Å². The summed E-state index contributed by atoms with van der Waals surface area (Å²) in [5.74, 6) is 0.673. The summed E-state index contributed by atoms with van der Waals surface area (Å²) < 4.78 is 7.99. The number of carboxylic acids is 1. The third-order valence-electron chi connectivity index (χ3n) is 2.71. The molecule has 1 N–H and O–H groups in total. The number of aryl methyl sites for hydroxylation is 1. The Morgan fingerprint density at radius 1 is 1.47 bits per heavy atom. The molecule has 7 heteroatoms. The number of hydrogen-bond donors (Lipinski definition) is 1. The number of ether oxygens (including phenoxy) is 1. The third kappa shape index (κ3) is 2.93. The number of halogens is 1. The van der Waals surface area contributed by atoms with E-state index >= 15 is 0 Å². The monoisotopic (exact) mass is 325 g/mol. The molecule has 0 aliphatic carbocycles. The van der Waals surface area contributed by atoms with Crippen LogP contribution in [-0.2, 0) is 13.7 Å². The number of nitrogens with zero attached hydrogens (tertiary/aromatic N) is 3. The van der Waals surface area contributed by atoms with Crippen molar-refractivity contribution in [3.63, 3.8) is 0 Å². The van der Waals surface area contributed by atoms with Gasteiger partial charge < -0.3 is 14.4 Å². The Balaban J connectivity index is 2.20. The summed E-state index contributed by atoms with van der Waals surface area (Å²) >= 11 is 3.23. The Morgan fingerprint density at radius 2 is 2.21 bits per heavy atom. The van der Waals surface area contributed by atoms with Crippen LogP contribution in [0.15, 0.2) is 22.7 Å². The van der Waals surface area contributed by atoms with Crippen molar-refractivity contribution in [2.45, 2.75) is 13.5 Å². The molecule has 2 rings (SSSR count). The SMILES string of the molecule is Cc1nnc(COc2ccc(Br)cc2C(=O)O)n1C. The van der Waals surface area contributed by atoms with Gasteiger partial charge in [-0.15, -0.1) is 10.2 Å². The predicted molar refractivity (Wildman–Crippen MR) is 71.2 cm³/mol. The van der Waals surface area contributed by atoms with Crippen LogP contribution in [0.1, 0.15) is 22.0 Å². The van der Waals surface area contributed by atoms with Gasteiger partial charge in [0, 0.05) is 11.5 Å². The Hall–Kier alpha value is -1.89. The fourth-order valence-corrected chi connectivity index (χ4v) is 1.88. The second kappa shape index (κ2) is 5.40. The summed E-state index contributed by atoms with van der Waals surface area (Å²) in [4.78, 5) is 11.1. The van der Waals surface area contributed by atoms with Gasteiger partial charge in [-0.05, 0) is 25.1 Å². The quantitative estimate of drug-likeness (QED) is 0.932. The van der Waals surface area contributed by atoms with E-state index in [2.05, 4.69) is 26.1 Å². The predicted octanol–water partition coefficient (Wildman–Crippen LogP) is 2.16. The van der Waals surface area contributed by atoms with Crippen LogP contribution in [0.5, 0.6) is 5.75 Å². The van der Waals surface area contributed by atoms with Gasteiger partial charge in [-0.2, -0.15) is 0 Å². The fourth-order valence-electron chi connectivity index (χ4n) is 1.51. The van der Waals surface area contributed by atoms with Crippen molar-refractivity contribution in [1.82, 2.24) is 14.8 Å². The van der Waals surface area contributed by atoms with Gasteiger partial charge in [0.1, 0.15) is 23.7 Å². The molecule has 1 aromatic carbocycles. The maximum atomic E-state index is 11.1. The zero-order valence-electron chi connectivity index (χ0n) is 10.4. The van der Waals surface area contributed by atoms with E-state index in [9.17, 15) is 4.79 Å². The van der Waals surface area contributed by atoms with Crippen molar-refractivity contribution in [3.05, 3.63) is 39.9 Å². The number of hydrogen-bond acceptors (Lipinski definition) is 4. The standard InChI is InChI=1S/C12H12BrN3O3/c1-7-14-15-11(16(7)2)6-19-10-4-3-8(13)5-9(10)12(17)18/h3-5H,6H2,1-2H3,(H,17,18). The minimum Gasteiger partial charge on any atom is -0.485 e. The molecule has 19 heavy (non-hydrogen) atoms. The second-order valence-electron chi connectivity index (χ2n) is 3.96. The highest BCUT2D eigenvalue weighted by atomic mass is 79.9. The van der Waals surface area contributed by atoms with Crippen LogP contribution in [0.2, 0.25) is 0 Å². The van der Waals surface area contributed by atoms with Crippen LogP contribution in [0.25, 0.3) is 0 Å². The van der Waals surface area contributed by atoms with Crippen molar-refractivity contribution >= 4 is 21.9 Å². The summed E-state index contributed by atoms with van der Waals surface area (Å²) in [7, 11) is 1.83. The number of carbonyl (C=O) groups is 1. The van der Waals surface area contributed by atoms with Gasteiger partial charge >= 0.3 is 5.97 Å². The third-order valence-corrected chi connectivity index (χ3v) is 3.20. The lowest BCUT2D eigenvalue weighted by Gasteiger charge is -2.09. The minimum absolute atomic E-state index is 0.105. The molecule has 1 heterocycles. The van der Waals surface area contributed by atoms with Crippen LogP contribution >= 0.6 is 15.9 Å². The van der Waals surface area contributed by atoms with Crippen molar-refractivity contribution in [3.8, 4) is 5.75 Å². The van der Waals surface area contributed by atoms with Gasteiger partial charge in [0.2, 0.25) is 0 Å². The van der Waals surface area contributed by atoms with Crippen LogP contribution in [-0.4, -0.2) is 25.8 Å². The molecule has 2 aromatic rings. The van der Waals surface area contributed by atoms with Crippen molar-refractivity contribution in [2.24, 2.45) is 7.05 Å². The molecule has 6 nitrogen and oxygen atoms in total. The molecule has 100 valence electrons. The highest BCUT2D eigenvalue weighted by molar-refractivity contribution is 9.10. The summed E-state index contributed by atoms with van der Waals surface area (Å²) in [6.07, 6.45) is 0. The lowest BCUT2D eigenvalue weighted by atomic mass is 10.2. The Morgan fingerprint density at radius 3 is 2.79 bits per heavy atom. The summed E-state index contributed by atoms with van der Waals surface area (Å²) in [6.45, 7) is 2.00. The number of carboxylic acid groups (broad SMARTS) is 1. The number of benzene rings is 1. The molecular formula is C12H12BrN3O3. The second-order valence-corrected chi connectivity index (χ2v) is 4.87. The van der Waals surface area contributed by atoms with Gasteiger partial charge in [0.25, 0.3) is 0 Å². The molecule has 0 aliphatic heterocycles. The van der Waals surface area contributed by atoms with Crippen molar-refractivity contribution in [1.29, 1.82) is 0 Å². The molecule has 0 atom stereocenters. The lowest BCUT2D eigenvalue weighted by molar-refractivity contribution is 0.0691. The molecule has 0 saturated carbocycles. The zero-order valence-corrected chi connectivity index (χ0v) is 12.0. The summed E-state index contributed by atoms with van der Waals surface area (Å²) in [5, 5.41) is 17.0. The van der Waals surface area contributed by atoms with E-state index in [0.29, 0.717) is 16.0 Å².